The van der Waals surface area contributed by atoms with Crippen LogP contribution in [-0.4, -0.2) is 19.5 Å². The second kappa shape index (κ2) is 5.19. The Morgan fingerprint density at radius 3 is 2.62 bits per heavy atom. The van der Waals surface area contributed by atoms with E-state index >= 15 is 0 Å². The van der Waals surface area contributed by atoms with Gasteiger partial charge in [-0.25, -0.2) is 4.98 Å². The van der Waals surface area contributed by atoms with Crippen LogP contribution in [0.25, 0.3) is 21.8 Å². The summed E-state index contributed by atoms with van der Waals surface area (Å²) in [5.41, 5.74) is 9.07. The first-order chi connectivity index (χ1) is 11.6. The summed E-state index contributed by atoms with van der Waals surface area (Å²) in [4.78, 5) is 23.5. The van der Waals surface area contributed by atoms with Crippen molar-refractivity contribution in [2.45, 2.75) is 20.4 Å². The van der Waals surface area contributed by atoms with Crippen LogP contribution in [0.2, 0.25) is 0 Å². The molecule has 0 fully saturated rings. The SMILES string of the molecule is Cc1c2cnc3nc(N)[nH]c(=O)c3c2c(C)n1Cc1ccccc1. The standard InChI is InChI=1S/C18H17N5O/c1-10-13-8-20-16-15(17(24)22-18(19)21-16)14(13)11(2)23(10)9-12-6-4-3-5-7-12/h3-8H,9H2,1-2H3,(H3,19,21,22,24). The van der Waals surface area contributed by atoms with Crippen LogP contribution < -0.4 is 11.3 Å². The smallest absolute Gasteiger partial charge is 0.262 e. The molecule has 0 radical (unpaired) electrons. The molecular formula is C18H17N5O. The van der Waals surface area contributed by atoms with Crippen molar-refractivity contribution in [2.75, 3.05) is 5.73 Å². The van der Waals surface area contributed by atoms with Crippen molar-refractivity contribution >= 4 is 27.8 Å². The van der Waals surface area contributed by atoms with Crippen LogP contribution in [0.4, 0.5) is 5.95 Å². The lowest BCUT2D eigenvalue weighted by Crippen LogP contribution is -2.12. The first-order valence-corrected chi connectivity index (χ1v) is 7.74. The van der Waals surface area contributed by atoms with Crippen LogP contribution in [-0.2, 0) is 6.54 Å². The molecule has 3 heterocycles. The van der Waals surface area contributed by atoms with Gasteiger partial charge in [0.25, 0.3) is 5.56 Å². The maximum atomic E-state index is 12.4. The summed E-state index contributed by atoms with van der Waals surface area (Å²) in [6.45, 7) is 4.81. The minimum absolute atomic E-state index is 0.0810. The van der Waals surface area contributed by atoms with Crippen molar-refractivity contribution in [3.63, 3.8) is 0 Å². The number of H-pyrrole nitrogens is 1. The third kappa shape index (κ3) is 2.07. The Kier molecular flexibility index (Phi) is 3.13. The second-order valence-electron chi connectivity index (χ2n) is 5.94. The molecule has 0 aliphatic carbocycles. The van der Waals surface area contributed by atoms with Crippen molar-refractivity contribution < 1.29 is 0 Å². The number of nitrogens with zero attached hydrogens (tertiary/aromatic N) is 3. The molecule has 0 aliphatic rings. The molecule has 0 unspecified atom stereocenters. The summed E-state index contributed by atoms with van der Waals surface area (Å²) in [6.07, 6.45) is 1.77. The number of rotatable bonds is 2. The van der Waals surface area contributed by atoms with Crippen LogP contribution in [0.1, 0.15) is 17.0 Å². The zero-order chi connectivity index (χ0) is 16.8. The zero-order valence-electron chi connectivity index (χ0n) is 13.5. The lowest BCUT2D eigenvalue weighted by molar-refractivity contribution is 0.755. The highest BCUT2D eigenvalue weighted by molar-refractivity contribution is 6.07. The van der Waals surface area contributed by atoms with Crippen LogP contribution in [0.5, 0.6) is 0 Å². The molecule has 0 atom stereocenters. The van der Waals surface area contributed by atoms with E-state index in [9.17, 15) is 4.79 Å². The van der Waals surface area contributed by atoms with Gasteiger partial charge in [0.15, 0.2) is 5.65 Å². The van der Waals surface area contributed by atoms with Gasteiger partial charge in [-0.05, 0) is 19.4 Å². The number of nitrogens with two attached hydrogens (primary N) is 1. The fraction of sp³-hybridized carbons (Fsp3) is 0.167. The highest BCUT2D eigenvalue weighted by Crippen LogP contribution is 2.29. The summed E-state index contributed by atoms with van der Waals surface area (Å²) in [5, 5.41) is 2.35. The largest absolute Gasteiger partial charge is 0.369 e. The summed E-state index contributed by atoms with van der Waals surface area (Å²) >= 11 is 0. The molecule has 3 aromatic heterocycles. The molecule has 0 spiro atoms. The number of nitrogens with one attached hydrogen (secondary N) is 1. The Morgan fingerprint density at radius 1 is 1.12 bits per heavy atom. The Bertz CT molecular complexity index is 1130. The molecule has 6 nitrogen and oxygen atoms in total. The van der Waals surface area contributed by atoms with E-state index in [2.05, 4.69) is 31.7 Å². The van der Waals surface area contributed by atoms with E-state index in [1.54, 1.807) is 6.20 Å². The summed E-state index contributed by atoms with van der Waals surface area (Å²) < 4.78 is 2.21. The first-order valence-electron chi connectivity index (χ1n) is 7.74. The summed E-state index contributed by atoms with van der Waals surface area (Å²) in [7, 11) is 0. The van der Waals surface area contributed by atoms with Gasteiger partial charge in [-0.15, -0.1) is 0 Å². The molecule has 4 aromatic rings. The van der Waals surface area contributed by atoms with Crippen LogP contribution in [0, 0.1) is 13.8 Å². The van der Waals surface area contributed by atoms with Crippen LogP contribution >= 0.6 is 0 Å². The Hall–Kier alpha value is -3.15. The predicted octanol–water partition coefficient (Wildman–Crippen LogP) is 2.52. The maximum Gasteiger partial charge on any atom is 0.262 e. The third-order valence-corrected chi connectivity index (χ3v) is 4.50. The van der Waals surface area contributed by atoms with E-state index in [0.717, 1.165) is 28.7 Å². The number of aromatic nitrogens is 4. The maximum absolute atomic E-state index is 12.4. The highest BCUT2D eigenvalue weighted by Gasteiger charge is 2.17. The van der Waals surface area contributed by atoms with E-state index < -0.39 is 0 Å². The van der Waals surface area contributed by atoms with Crippen molar-refractivity contribution in [1.82, 2.24) is 19.5 Å². The minimum atomic E-state index is -0.254. The molecule has 0 aliphatic heterocycles. The van der Waals surface area contributed by atoms with Crippen molar-refractivity contribution in [1.29, 1.82) is 0 Å². The topological polar surface area (TPSA) is 89.6 Å². The van der Waals surface area contributed by atoms with Crippen LogP contribution in [0.3, 0.4) is 0 Å². The number of hydrogen-bond donors (Lipinski definition) is 2. The molecule has 1 aromatic carbocycles. The number of pyridine rings is 1. The van der Waals surface area contributed by atoms with Gasteiger partial charge in [0, 0.05) is 34.9 Å². The summed E-state index contributed by atoms with van der Waals surface area (Å²) in [5.74, 6) is 0.0810. The normalized spacial score (nSPS) is 11.4. The Balaban J connectivity index is 2.04. The van der Waals surface area contributed by atoms with E-state index in [4.69, 9.17) is 5.73 Å². The molecule has 6 heteroatoms. The average molecular weight is 319 g/mol. The Morgan fingerprint density at radius 2 is 1.88 bits per heavy atom. The predicted molar refractivity (Wildman–Crippen MR) is 95.1 cm³/mol. The first kappa shape index (κ1) is 14.4. The van der Waals surface area contributed by atoms with E-state index in [-0.39, 0.29) is 11.5 Å². The molecule has 0 saturated carbocycles. The number of aryl methyl sites for hydroxylation is 2. The van der Waals surface area contributed by atoms with Gasteiger partial charge < -0.3 is 10.3 Å². The fourth-order valence-electron chi connectivity index (χ4n) is 3.31. The average Bonchev–Trinajstić information content (AvgIpc) is 2.80. The molecule has 3 N–H and O–H groups in total. The molecule has 24 heavy (non-hydrogen) atoms. The van der Waals surface area contributed by atoms with Gasteiger partial charge in [0.05, 0.1) is 5.39 Å². The monoisotopic (exact) mass is 319 g/mol. The van der Waals surface area contributed by atoms with Gasteiger partial charge in [-0.1, -0.05) is 30.3 Å². The second-order valence-corrected chi connectivity index (χ2v) is 5.94. The zero-order valence-corrected chi connectivity index (χ0v) is 13.5. The van der Waals surface area contributed by atoms with Gasteiger partial charge in [-0.3, -0.25) is 9.78 Å². The molecular weight excluding hydrogens is 302 g/mol. The molecule has 120 valence electrons. The molecule has 0 bridgehead atoms. The number of anilines is 1. The molecule has 0 saturated heterocycles. The highest BCUT2D eigenvalue weighted by atomic mass is 16.1. The van der Waals surface area contributed by atoms with E-state index in [0.29, 0.717) is 11.0 Å². The Labute approximate surface area is 138 Å². The van der Waals surface area contributed by atoms with Crippen molar-refractivity contribution in [3.8, 4) is 0 Å². The molecule has 4 rings (SSSR count). The quantitative estimate of drug-likeness (QED) is 0.594. The lowest BCUT2D eigenvalue weighted by Gasteiger charge is -2.09. The number of hydrogen-bond acceptors (Lipinski definition) is 4. The lowest BCUT2D eigenvalue weighted by atomic mass is 10.1. The minimum Gasteiger partial charge on any atom is -0.369 e. The number of fused-ring (bicyclic) bond motifs is 3. The van der Waals surface area contributed by atoms with Crippen molar-refractivity contribution in [2.24, 2.45) is 0 Å². The van der Waals surface area contributed by atoms with E-state index in [1.165, 1.54) is 5.56 Å². The van der Waals surface area contributed by atoms with Crippen LogP contribution in [0.15, 0.2) is 41.3 Å². The van der Waals surface area contributed by atoms with E-state index in [1.807, 2.05) is 32.0 Å². The summed E-state index contributed by atoms with van der Waals surface area (Å²) in [6, 6.07) is 10.2. The third-order valence-electron chi connectivity index (χ3n) is 4.50. The van der Waals surface area contributed by atoms with Gasteiger partial charge in [-0.2, -0.15) is 4.98 Å². The fourth-order valence-corrected chi connectivity index (χ4v) is 3.31. The number of nitrogen functional groups attached to an aromatic ring is 1. The van der Waals surface area contributed by atoms with Gasteiger partial charge >= 0.3 is 0 Å². The molecule has 0 amide bonds. The van der Waals surface area contributed by atoms with Gasteiger partial charge in [0.2, 0.25) is 5.95 Å². The number of aromatic amines is 1. The van der Waals surface area contributed by atoms with Gasteiger partial charge in [0.1, 0.15) is 0 Å². The number of benzene rings is 1. The van der Waals surface area contributed by atoms with Crippen molar-refractivity contribution in [3.05, 3.63) is 63.8 Å².